The van der Waals surface area contributed by atoms with E-state index >= 15 is 0 Å². The fourth-order valence-electron chi connectivity index (χ4n) is 1.88. The number of nitrogens with two attached hydrogens (primary N) is 1. The third-order valence-corrected chi connectivity index (χ3v) is 2.77. The van der Waals surface area contributed by atoms with Gasteiger partial charge >= 0.3 is 11.0 Å². The van der Waals surface area contributed by atoms with Crippen LogP contribution in [-0.2, 0) is 0 Å². The van der Waals surface area contributed by atoms with E-state index in [0.717, 1.165) is 4.43 Å². The summed E-state index contributed by atoms with van der Waals surface area (Å²) in [6.45, 7) is 0. The molecule has 0 saturated heterocycles. The molecule has 0 aliphatic rings. The maximum absolute atomic E-state index is 12.2. The molecule has 0 bridgehead atoms. The van der Waals surface area contributed by atoms with Crippen LogP contribution in [0.15, 0.2) is 40.8 Å². The maximum Gasteiger partial charge on any atom is 0.308 e. The van der Waals surface area contributed by atoms with Crippen LogP contribution in [0.1, 0.15) is 5.56 Å². The molecule has 86 valence electrons. The van der Waals surface area contributed by atoms with Gasteiger partial charge in [-0.25, -0.2) is 0 Å². The Balaban J connectivity index is 2.57. The Hall–Kier alpha value is -2.87. The number of nitriles is 1. The zero-order chi connectivity index (χ0) is 12.7. The molecule has 5 nitrogen and oxygen atoms in total. The Morgan fingerprint density at radius 3 is 2.72 bits per heavy atom. The number of aromatic nitrogens is 1. The number of para-hydroxylation sites is 2. The van der Waals surface area contributed by atoms with Gasteiger partial charge in [0.05, 0.1) is 15.7 Å². The Bertz CT molecular complexity index is 875. The second-order valence-electron chi connectivity index (χ2n) is 3.88. The fraction of sp³-hybridized carbons (Fsp3) is 0. The molecule has 0 spiro atoms. The Kier molecular flexibility index (Phi) is 2.04. The van der Waals surface area contributed by atoms with Crippen LogP contribution >= 0.6 is 0 Å². The van der Waals surface area contributed by atoms with Crippen LogP contribution in [0.25, 0.3) is 22.2 Å². The molecule has 0 aliphatic carbocycles. The van der Waals surface area contributed by atoms with Crippen molar-refractivity contribution in [1.29, 1.82) is 5.26 Å². The fourth-order valence-corrected chi connectivity index (χ4v) is 1.88. The normalized spacial score (nSPS) is 10.6. The van der Waals surface area contributed by atoms with Crippen LogP contribution in [0, 0.1) is 16.2 Å². The molecule has 2 aromatic carbocycles. The number of anilines is 1. The van der Waals surface area contributed by atoms with Crippen molar-refractivity contribution in [3.8, 4) is 6.07 Å². The summed E-state index contributed by atoms with van der Waals surface area (Å²) in [6, 6.07) is 11.8. The Morgan fingerprint density at radius 1 is 1.17 bits per heavy atom. The highest BCUT2D eigenvalue weighted by Crippen LogP contribution is 2.22. The third kappa shape index (κ3) is 1.33. The van der Waals surface area contributed by atoms with Crippen LogP contribution < -0.4 is 10.2 Å². The lowest BCUT2D eigenvalue weighted by molar-refractivity contribution is -0.433. The van der Waals surface area contributed by atoms with Crippen LogP contribution in [0.2, 0.25) is 0 Å². The predicted octanol–water partition coefficient (Wildman–Crippen LogP) is 1.95. The van der Waals surface area contributed by atoms with Gasteiger partial charge in [-0.15, -0.1) is 0 Å². The summed E-state index contributed by atoms with van der Waals surface area (Å²) in [5.41, 5.74) is 7.79. The van der Waals surface area contributed by atoms with E-state index in [2.05, 4.69) is 0 Å². The van der Waals surface area contributed by atoms with Crippen LogP contribution in [0.4, 0.5) is 5.69 Å². The van der Waals surface area contributed by atoms with Gasteiger partial charge in [-0.1, -0.05) is 12.1 Å². The molecule has 0 fully saturated rings. The van der Waals surface area contributed by atoms with Crippen LogP contribution in [0.3, 0.4) is 0 Å². The van der Waals surface area contributed by atoms with E-state index in [-0.39, 0.29) is 5.69 Å². The zero-order valence-electron chi connectivity index (χ0n) is 9.25. The van der Waals surface area contributed by atoms with E-state index < -0.39 is 0 Å². The molecule has 0 saturated carbocycles. The van der Waals surface area contributed by atoms with Crippen molar-refractivity contribution in [2.24, 2.45) is 0 Å². The molecule has 1 heterocycles. The molecule has 0 amide bonds. The number of nitrogens with zero attached hydrogens (tertiary/aromatic N) is 2. The van der Waals surface area contributed by atoms with Gasteiger partial charge in [0.2, 0.25) is 11.2 Å². The van der Waals surface area contributed by atoms with Gasteiger partial charge in [0.25, 0.3) is 0 Å². The maximum atomic E-state index is 12.2. The molecule has 3 aromatic rings. The first-order valence-corrected chi connectivity index (χ1v) is 5.28. The van der Waals surface area contributed by atoms with Crippen molar-refractivity contribution >= 4 is 27.9 Å². The highest BCUT2D eigenvalue weighted by atomic mass is 16.3. The second-order valence-corrected chi connectivity index (χ2v) is 3.88. The van der Waals surface area contributed by atoms with E-state index in [9.17, 15) is 4.91 Å². The molecule has 5 heteroatoms. The van der Waals surface area contributed by atoms with Gasteiger partial charge in [-0.05, 0) is 6.07 Å². The van der Waals surface area contributed by atoms with Gasteiger partial charge in [0, 0.05) is 23.1 Å². The standard InChI is InChI=1S/C13H8N3O2/c14-7-8-5-13-11(6-9(8)15)16(17)10-3-1-2-4-12(10)18-13/h1-6H,15H2/q+1. The van der Waals surface area contributed by atoms with Gasteiger partial charge < -0.3 is 10.2 Å². The monoisotopic (exact) mass is 238 g/mol. The first-order chi connectivity index (χ1) is 8.70. The summed E-state index contributed by atoms with van der Waals surface area (Å²) in [5.74, 6) is 0. The molecule has 3 rings (SSSR count). The molecule has 0 radical (unpaired) electrons. The lowest BCUT2D eigenvalue weighted by atomic mass is 10.1. The number of hydrogen-bond donors (Lipinski definition) is 1. The second kappa shape index (κ2) is 3.57. The summed E-state index contributed by atoms with van der Waals surface area (Å²) in [4.78, 5) is 12.2. The zero-order valence-corrected chi connectivity index (χ0v) is 9.25. The van der Waals surface area contributed by atoms with E-state index in [4.69, 9.17) is 15.4 Å². The first kappa shape index (κ1) is 10.3. The lowest BCUT2D eigenvalue weighted by Gasteiger charge is -1.97. The van der Waals surface area contributed by atoms with Gasteiger partial charge in [0.1, 0.15) is 6.07 Å². The van der Waals surface area contributed by atoms with Gasteiger partial charge in [0.15, 0.2) is 0 Å². The number of benzene rings is 2. The molecule has 2 N–H and O–H groups in total. The molecule has 18 heavy (non-hydrogen) atoms. The van der Waals surface area contributed by atoms with Crippen molar-refractivity contribution in [3.05, 3.63) is 46.9 Å². The Morgan fingerprint density at radius 2 is 1.94 bits per heavy atom. The van der Waals surface area contributed by atoms with E-state index in [1.165, 1.54) is 12.1 Å². The molecular weight excluding hydrogens is 230 g/mol. The Labute approximate surface area is 101 Å². The minimum Gasteiger partial charge on any atom is -0.443 e. The third-order valence-electron chi connectivity index (χ3n) is 2.77. The number of hydrogen-bond acceptors (Lipinski definition) is 4. The number of rotatable bonds is 0. The van der Waals surface area contributed by atoms with Crippen LogP contribution in [-0.4, -0.2) is 0 Å². The predicted molar refractivity (Wildman–Crippen MR) is 66.2 cm³/mol. The lowest BCUT2D eigenvalue weighted by Crippen LogP contribution is -2.16. The summed E-state index contributed by atoms with van der Waals surface area (Å²) in [5, 5.41) is 8.90. The SMILES string of the molecule is N#Cc1cc2oc3ccccc3[n+](=O)c2cc1N. The average Bonchev–Trinajstić information content (AvgIpc) is 2.39. The first-order valence-electron chi connectivity index (χ1n) is 5.28. The van der Waals surface area contributed by atoms with Crippen molar-refractivity contribution in [2.45, 2.75) is 0 Å². The van der Waals surface area contributed by atoms with E-state index in [1.54, 1.807) is 24.3 Å². The highest BCUT2D eigenvalue weighted by molar-refractivity contribution is 5.82. The minimum atomic E-state index is 0.264. The van der Waals surface area contributed by atoms with Crippen LogP contribution in [0.5, 0.6) is 0 Å². The minimum absolute atomic E-state index is 0.264. The van der Waals surface area contributed by atoms with Gasteiger partial charge in [-0.2, -0.15) is 5.26 Å². The van der Waals surface area contributed by atoms with Crippen molar-refractivity contribution in [2.75, 3.05) is 5.73 Å². The van der Waals surface area contributed by atoms with E-state index in [1.807, 2.05) is 6.07 Å². The molecule has 1 aromatic heterocycles. The average molecular weight is 238 g/mol. The number of nitrogen functional groups attached to an aromatic ring is 1. The molecule has 0 unspecified atom stereocenters. The van der Waals surface area contributed by atoms with Crippen molar-refractivity contribution in [1.82, 2.24) is 0 Å². The summed E-state index contributed by atoms with van der Waals surface area (Å²) in [7, 11) is 0. The topological polar surface area (TPSA) is 85.9 Å². The quantitative estimate of drug-likeness (QED) is 0.368. The van der Waals surface area contributed by atoms with E-state index in [0.29, 0.717) is 27.8 Å². The highest BCUT2D eigenvalue weighted by Gasteiger charge is 2.17. The molecule has 0 atom stereocenters. The number of fused-ring (bicyclic) bond motifs is 2. The molecule has 0 aliphatic heterocycles. The van der Waals surface area contributed by atoms with Gasteiger partial charge in [-0.3, -0.25) is 0 Å². The summed E-state index contributed by atoms with van der Waals surface area (Å²) < 4.78 is 6.35. The summed E-state index contributed by atoms with van der Waals surface area (Å²) >= 11 is 0. The molecular formula is C13H8N3O2+. The largest absolute Gasteiger partial charge is 0.443 e. The van der Waals surface area contributed by atoms with Crippen molar-refractivity contribution < 1.29 is 8.84 Å². The smallest absolute Gasteiger partial charge is 0.308 e. The van der Waals surface area contributed by atoms with Crippen molar-refractivity contribution in [3.63, 3.8) is 0 Å². The summed E-state index contributed by atoms with van der Waals surface area (Å²) in [6.07, 6.45) is 0.